The Morgan fingerprint density at radius 2 is 1.97 bits per heavy atom. The van der Waals surface area contributed by atoms with Crippen molar-refractivity contribution in [3.05, 3.63) is 46.9 Å². The van der Waals surface area contributed by atoms with Gasteiger partial charge in [0.05, 0.1) is 18.5 Å². The number of carbonyl (C=O) groups excluding carboxylic acids is 1. The summed E-state index contributed by atoms with van der Waals surface area (Å²) in [4.78, 5) is 17.5. The van der Waals surface area contributed by atoms with Crippen molar-refractivity contribution >= 4 is 20.1 Å². The molecule has 0 aliphatic heterocycles. The summed E-state index contributed by atoms with van der Waals surface area (Å²) < 4.78 is 19.5. The molecule has 0 amide bonds. The lowest BCUT2D eigenvalue weighted by atomic mass is 10.1. The maximum Gasteiger partial charge on any atom is 0.334 e. The predicted molar refractivity (Wildman–Crippen MR) is 127 cm³/mol. The molecule has 0 aliphatic carbocycles. The van der Waals surface area contributed by atoms with Crippen molar-refractivity contribution in [1.29, 1.82) is 0 Å². The largest absolute Gasteiger partial charge is 0.466 e. The van der Waals surface area contributed by atoms with E-state index in [1.54, 1.807) is 0 Å². The van der Waals surface area contributed by atoms with Crippen LogP contribution < -0.4 is 0 Å². The summed E-state index contributed by atoms with van der Waals surface area (Å²) >= 11 is 0. The summed E-state index contributed by atoms with van der Waals surface area (Å²) in [7, 11) is -1.74. The maximum absolute atomic E-state index is 12.8. The Morgan fingerprint density at radius 1 is 1.23 bits per heavy atom. The fourth-order valence-electron chi connectivity index (χ4n) is 3.53. The molecule has 0 N–H and O–H groups in total. The van der Waals surface area contributed by atoms with Crippen LogP contribution in [0.2, 0.25) is 19.6 Å². The summed E-state index contributed by atoms with van der Waals surface area (Å²) in [5.41, 5.74) is 1.42. The second-order valence-electron chi connectivity index (χ2n) is 8.83. The standard InChI is InChI=1S/C24H38N2O4Si/c1-8-11-12-22-25-17-20(26(22)24(29-10-3)31(5,6)7)15-19(23(27)28-9-2)16-21-14-13-18(4)30-21/h13-15,17,24H,8-12,16H2,1-7H3/b19-15-. The van der Waals surface area contributed by atoms with Crippen molar-refractivity contribution in [3.63, 3.8) is 0 Å². The molecule has 0 aliphatic rings. The molecule has 0 aromatic carbocycles. The summed E-state index contributed by atoms with van der Waals surface area (Å²) in [6.45, 7) is 15.7. The van der Waals surface area contributed by atoms with Crippen LogP contribution in [-0.2, 0) is 27.1 Å². The van der Waals surface area contributed by atoms with E-state index in [9.17, 15) is 4.79 Å². The van der Waals surface area contributed by atoms with Crippen molar-refractivity contribution < 1.29 is 18.7 Å². The normalized spacial score (nSPS) is 13.5. The molecule has 2 heterocycles. The lowest BCUT2D eigenvalue weighted by molar-refractivity contribution is -0.138. The van der Waals surface area contributed by atoms with Gasteiger partial charge in [-0.15, -0.1) is 0 Å². The number of imidazole rings is 1. The van der Waals surface area contributed by atoms with Crippen LogP contribution in [0.25, 0.3) is 6.08 Å². The van der Waals surface area contributed by atoms with Crippen molar-refractivity contribution in [2.24, 2.45) is 0 Å². The number of hydrogen-bond donors (Lipinski definition) is 0. The van der Waals surface area contributed by atoms with E-state index in [-0.39, 0.29) is 11.8 Å². The Bertz CT molecular complexity index is 877. The van der Waals surface area contributed by atoms with Crippen LogP contribution in [0.3, 0.4) is 0 Å². The van der Waals surface area contributed by atoms with E-state index < -0.39 is 8.07 Å². The minimum Gasteiger partial charge on any atom is -0.466 e. The zero-order valence-corrected chi connectivity index (χ0v) is 21.2. The topological polar surface area (TPSA) is 66.5 Å². The van der Waals surface area contributed by atoms with Crippen LogP contribution in [0, 0.1) is 6.92 Å². The zero-order valence-electron chi connectivity index (χ0n) is 20.2. The zero-order chi connectivity index (χ0) is 23.0. The lowest BCUT2D eigenvalue weighted by Gasteiger charge is -2.32. The van der Waals surface area contributed by atoms with Crippen LogP contribution in [0.1, 0.15) is 62.5 Å². The first-order valence-corrected chi connectivity index (χ1v) is 14.9. The molecule has 0 radical (unpaired) electrons. The first-order chi connectivity index (χ1) is 14.7. The van der Waals surface area contributed by atoms with Crippen LogP contribution in [0.4, 0.5) is 0 Å². The molecule has 2 aromatic heterocycles. The Balaban J connectivity index is 2.56. The highest BCUT2D eigenvalue weighted by Gasteiger charge is 2.32. The maximum atomic E-state index is 12.8. The van der Waals surface area contributed by atoms with E-state index >= 15 is 0 Å². The molecule has 0 bridgehead atoms. The van der Waals surface area contributed by atoms with Crippen LogP contribution >= 0.6 is 0 Å². The van der Waals surface area contributed by atoms with Gasteiger partial charge < -0.3 is 18.5 Å². The second-order valence-corrected chi connectivity index (χ2v) is 14.1. The summed E-state index contributed by atoms with van der Waals surface area (Å²) in [6.07, 6.45) is 7.14. The molecule has 1 unspecified atom stereocenters. The van der Waals surface area contributed by atoms with Crippen molar-refractivity contribution in [2.75, 3.05) is 13.2 Å². The van der Waals surface area contributed by atoms with Crippen LogP contribution in [-0.4, -0.2) is 36.8 Å². The van der Waals surface area contributed by atoms with Gasteiger partial charge in [-0.1, -0.05) is 33.0 Å². The number of carbonyl (C=O) groups is 1. The molecule has 2 aromatic rings. The van der Waals surface area contributed by atoms with Crippen molar-refractivity contribution in [1.82, 2.24) is 9.55 Å². The summed E-state index contributed by atoms with van der Waals surface area (Å²) in [5, 5.41) is 0. The van der Waals surface area contributed by atoms with E-state index in [2.05, 4.69) is 31.1 Å². The highest BCUT2D eigenvalue weighted by molar-refractivity contribution is 6.76. The molecule has 0 spiro atoms. The average molecular weight is 447 g/mol. The number of esters is 1. The highest BCUT2D eigenvalue weighted by atomic mass is 28.3. The number of ether oxygens (including phenoxy) is 2. The van der Waals surface area contributed by atoms with Gasteiger partial charge in [0.2, 0.25) is 0 Å². The number of furan rings is 1. The van der Waals surface area contributed by atoms with Gasteiger partial charge >= 0.3 is 5.97 Å². The predicted octanol–water partition coefficient (Wildman–Crippen LogP) is 5.73. The Kier molecular flexibility index (Phi) is 9.31. The van der Waals surface area contributed by atoms with Crippen molar-refractivity contribution in [3.8, 4) is 0 Å². The second kappa shape index (κ2) is 11.5. The van der Waals surface area contributed by atoms with Gasteiger partial charge in [-0.25, -0.2) is 9.78 Å². The van der Waals surface area contributed by atoms with E-state index in [0.29, 0.717) is 25.2 Å². The van der Waals surface area contributed by atoms with Gasteiger partial charge in [-0.2, -0.15) is 0 Å². The van der Waals surface area contributed by atoms with Gasteiger partial charge in [0.25, 0.3) is 0 Å². The first kappa shape index (κ1) is 25.1. The molecular weight excluding hydrogens is 408 g/mol. The first-order valence-electron chi connectivity index (χ1n) is 11.3. The minimum absolute atomic E-state index is 0.0626. The minimum atomic E-state index is -1.74. The van der Waals surface area contributed by atoms with Gasteiger partial charge in [0.1, 0.15) is 31.3 Å². The summed E-state index contributed by atoms with van der Waals surface area (Å²) in [6, 6.07) is 3.80. The molecule has 1 atom stereocenters. The van der Waals surface area contributed by atoms with E-state index in [1.807, 2.05) is 45.2 Å². The Labute approximate surface area is 187 Å². The van der Waals surface area contributed by atoms with Crippen LogP contribution in [0.5, 0.6) is 0 Å². The smallest absolute Gasteiger partial charge is 0.334 e. The Hall–Kier alpha value is -2.12. The van der Waals surface area contributed by atoms with Gasteiger partial charge in [0.15, 0.2) is 0 Å². The van der Waals surface area contributed by atoms with E-state index in [4.69, 9.17) is 18.9 Å². The molecule has 31 heavy (non-hydrogen) atoms. The number of rotatable bonds is 12. The van der Waals surface area contributed by atoms with Gasteiger partial charge in [-0.3, -0.25) is 0 Å². The lowest BCUT2D eigenvalue weighted by Crippen LogP contribution is -2.38. The fourth-order valence-corrected chi connectivity index (χ4v) is 5.27. The molecule has 7 heteroatoms. The molecule has 0 fully saturated rings. The molecule has 6 nitrogen and oxygen atoms in total. The molecule has 0 saturated carbocycles. The van der Waals surface area contributed by atoms with E-state index in [1.165, 1.54) is 0 Å². The average Bonchev–Trinajstić information content (AvgIpc) is 3.29. The number of hydrogen-bond acceptors (Lipinski definition) is 5. The molecule has 172 valence electrons. The van der Waals surface area contributed by atoms with E-state index in [0.717, 1.165) is 42.3 Å². The molecule has 0 saturated heterocycles. The quantitative estimate of drug-likeness (QED) is 0.237. The number of unbranched alkanes of at least 4 members (excludes halogenated alkanes) is 1. The third-order valence-corrected chi connectivity index (χ3v) is 6.88. The monoisotopic (exact) mass is 446 g/mol. The molecular formula is C24H38N2O4Si. The van der Waals surface area contributed by atoms with Crippen LogP contribution in [0.15, 0.2) is 28.3 Å². The highest BCUT2D eigenvalue weighted by Crippen LogP contribution is 2.28. The number of aromatic nitrogens is 2. The SMILES string of the molecule is CCCCc1ncc(/C=C(/Cc2ccc(C)o2)C(=O)OCC)n1C(OCC)[Si](C)(C)C. The summed E-state index contributed by atoms with van der Waals surface area (Å²) in [5.74, 6) is 2.17. The van der Waals surface area contributed by atoms with Gasteiger partial charge in [0, 0.05) is 25.0 Å². The molecule has 2 rings (SSSR count). The fraction of sp³-hybridized carbons (Fsp3) is 0.583. The Morgan fingerprint density at radius 3 is 2.52 bits per heavy atom. The number of nitrogens with zero attached hydrogens (tertiary/aromatic N) is 2. The third kappa shape index (κ3) is 6.94. The van der Waals surface area contributed by atoms with Gasteiger partial charge in [-0.05, 0) is 45.4 Å². The van der Waals surface area contributed by atoms with Crippen molar-refractivity contribution in [2.45, 2.75) is 78.9 Å². The number of aryl methyl sites for hydroxylation is 2. The third-order valence-electron chi connectivity index (χ3n) is 4.98.